The predicted octanol–water partition coefficient (Wildman–Crippen LogP) is 3.32. The van der Waals surface area contributed by atoms with Crippen LogP contribution in [0, 0.1) is 5.92 Å². The third-order valence-corrected chi connectivity index (χ3v) is 3.20. The fourth-order valence-electron chi connectivity index (χ4n) is 1.42. The second-order valence-corrected chi connectivity index (χ2v) is 7.09. The smallest absolute Gasteiger partial charge is 0.337 e. The number of carbonyl (C=O) groups is 2. The zero-order chi connectivity index (χ0) is 16.9. The van der Waals surface area contributed by atoms with Gasteiger partial charge in [-0.2, -0.15) is 0 Å². The summed E-state index contributed by atoms with van der Waals surface area (Å²) in [5.41, 5.74) is 0.276. The molecule has 0 saturated heterocycles. The Morgan fingerprint density at radius 1 is 1.23 bits per heavy atom. The first-order valence-electron chi connectivity index (χ1n) is 6.37. The van der Waals surface area contributed by atoms with Crippen molar-refractivity contribution >= 4 is 46.7 Å². The lowest BCUT2D eigenvalue weighted by atomic mass is 10.2. The number of amides is 1. The van der Waals surface area contributed by atoms with Crippen LogP contribution in [0.15, 0.2) is 24.3 Å². The molecule has 1 aromatic rings. The molecule has 122 valence electrons. The molecule has 0 unspecified atom stereocenters. The minimum Gasteiger partial charge on any atom is -0.466 e. The number of methoxy groups -OCH3 is 1. The summed E-state index contributed by atoms with van der Waals surface area (Å²) in [6, 6.07) is 6.13. The Morgan fingerprint density at radius 2 is 1.86 bits per heavy atom. The molecule has 1 amide bonds. The van der Waals surface area contributed by atoms with Crippen molar-refractivity contribution in [2.24, 2.45) is 5.92 Å². The lowest BCUT2D eigenvalue weighted by Gasteiger charge is -2.27. The predicted molar refractivity (Wildman–Crippen MR) is 85.5 cm³/mol. The summed E-state index contributed by atoms with van der Waals surface area (Å²) in [6.45, 7) is 3.39. The van der Waals surface area contributed by atoms with Crippen LogP contribution in [0.4, 0.5) is 0 Å². The third-order valence-electron chi connectivity index (χ3n) is 2.60. The van der Waals surface area contributed by atoms with Crippen LogP contribution in [-0.2, 0) is 9.53 Å². The van der Waals surface area contributed by atoms with E-state index in [1.165, 1.54) is 13.2 Å². The Kier molecular flexibility index (Phi) is 6.78. The number of esters is 1. The number of benzene rings is 1. The number of hydrogen-bond acceptors (Lipinski definition) is 4. The standard InChI is InChI=1S/C14H16Cl3NO4/c1-8(2)11(19)18-13(14(15,16)17)22-10-6-4-5-9(7-10)12(20)21-3/h4-8,13H,1-3H3,(H,18,19)/t13-/m0/s1. The van der Waals surface area contributed by atoms with Gasteiger partial charge in [-0.25, -0.2) is 4.79 Å². The molecule has 0 aromatic heterocycles. The van der Waals surface area contributed by atoms with Gasteiger partial charge in [0.2, 0.25) is 15.9 Å². The van der Waals surface area contributed by atoms with Crippen molar-refractivity contribution in [2.45, 2.75) is 23.9 Å². The van der Waals surface area contributed by atoms with Gasteiger partial charge in [0, 0.05) is 5.92 Å². The Labute approximate surface area is 143 Å². The van der Waals surface area contributed by atoms with Crippen LogP contribution in [-0.4, -0.2) is 29.0 Å². The molecule has 8 heteroatoms. The van der Waals surface area contributed by atoms with Gasteiger partial charge in [-0.15, -0.1) is 0 Å². The molecule has 0 radical (unpaired) electrons. The normalized spacial score (nSPS) is 12.7. The maximum absolute atomic E-state index is 11.8. The largest absolute Gasteiger partial charge is 0.466 e. The molecular weight excluding hydrogens is 353 g/mol. The lowest BCUT2D eigenvalue weighted by Crippen LogP contribution is -2.49. The van der Waals surface area contributed by atoms with Crippen LogP contribution in [0.25, 0.3) is 0 Å². The molecule has 0 bridgehead atoms. The van der Waals surface area contributed by atoms with Crippen molar-refractivity contribution in [3.63, 3.8) is 0 Å². The minimum absolute atomic E-state index is 0.253. The monoisotopic (exact) mass is 367 g/mol. The average Bonchev–Trinajstić information content (AvgIpc) is 2.44. The van der Waals surface area contributed by atoms with Crippen LogP contribution < -0.4 is 10.1 Å². The van der Waals surface area contributed by atoms with E-state index in [1.807, 2.05) is 0 Å². The van der Waals surface area contributed by atoms with Crippen LogP contribution in [0.3, 0.4) is 0 Å². The first-order valence-corrected chi connectivity index (χ1v) is 7.50. The van der Waals surface area contributed by atoms with Gasteiger partial charge < -0.3 is 14.8 Å². The van der Waals surface area contributed by atoms with Crippen molar-refractivity contribution < 1.29 is 19.1 Å². The second-order valence-electron chi connectivity index (χ2n) is 4.72. The number of nitrogens with one attached hydrogen (secondary N) is 1. The zero-order valence-corrected chi connectivity index (χ0v) is 14.5. The second kappa shape index (κ2) is 7.90. The van der Waals surface area contributed by atoms with E-state index in [1.54, 1.807) is 32.0 Å². The van der Waals surface area contributed by atoms with Gasteiger partial charge in [0.15, 0.2) is 0 Å². The van der Waals surface area contributed by atoms with Crippen LogP contribution in [0.5, 0.6) is 5.75 Å². The third kappa shape index (κ3) is 5.55. The summed E-state index contributed by atoms with van der Waals surface area (Å²) in [5.74, 6) is -0.911. The summed E-state index contributed by atoms with van der Waals surface area (Å²) in [6.07, 6.45) is -1.21. The Bertz CT molecular complexity index is 543. The van der Waals surface area contributed by atoms with Crippen molar-refractivity contribution in [2.75, 3.05) is 7.11 Å². The van der Waals surface area contributed by atoms with Crippen molar-refractivity contribution in [1.82, 2.24) is 5.32 Å². The summed E-state index contributed by atoms with van der Waals surface area (Å²) < 4.78 is 8.23. The van der Waals surface area contributed by atoms with Crippen molar-refractivity contribution in [3.05, 3.63) is 29.8 Å². The van der Waals surface area contributed by atoms with E-state index in [9.17, 15) is 9.59 Å². The molecule has 1 rings (SSSR count). The highest BCUT2D eigenvalue weighted by atomic mass is 35.6. The van der Waals surface area contributed by atoms with Gasteiger partial charge in [0.1, 0.15) is 5.75 Å². The number of carbonyl (C=O) groups excluding carboxylic acids is 2. The quantitative estimate of drug-likeness (QED) is 0.492. The van der Waals surface area contributed by atoms with E-state index in [2.05, 4.69) is 10.1 Å². The van der Waals surface area contributed by atoms with Gasteiger partial charge in [-0.05, 0) is 18.2 Å². The Balaban J connectivity index is 2.95. The number of ether oxygens (including phenoxy) is 2. The molecular formula is C14H16Cl3NO4. The molecule has 0 fully saturated rings. The lowest BCUT2D eigenvalue weighted by molar-refractivity contribution is -0.126. The molecule has 1 aromatic carbocycles. The molecule has 1 N–H and O–H groups in total. The molecule has 0 aliphatic carbocycles. The Morgan fingerprint density at radius 3 is 2.36 bits per heavy atom. The molecule has 5 nitrogen and oxygen atoms in total. The molecule has 0 heterocycles. The molecule has 0 saturated carbocycles. The highest BCUT2D eigenvalue weighted by Crippen LogP contribution is 2.32. The van der Waals surface area contributed by atoms with Gasteiger partial charge in [0.25, 0.3) is 0 Å². The first-order chi connectivity index (χ1) is 10.1. The molecule has 1 atom stereocenters. The summed E-state index contributed by atoms with van der Waals surface area (Å²) >= 11 is 17.5. The fourth-order valence-corrected chi connectivity index (χ4v) is 1.72. The summed E-state index contributed by atoms with van der Waals surface area (Å²) in [5, 5.41) is 2.49. The van der Waals surface area contributed by atoms with E-state index in [0.717, 1.165) is 0 Å². The number of halogens is 3. The van der Waals surface area contributed by atoms with Gasteiger partial charge in [0.05, 0.1) is 12.7 Å². The van der Waals surface area contributed by atoms with Crippen LogP contribution >= 0.6 is 34.8 Å². The number of rotatable bonds is 5. The molecule has 0 aliphatic rings. The van der Waals surface area contributed by atoms with E-state index < -0.39 is 16.0 Å². The highest BCUT2D eigenvalue weighted by molar-refractivity contribution is 6.68. The Hall–Kier alpha value is -1.17. The van der Waals surface area contributed by atoms with E-state index in [4.69, 9.17) is 39.5 Å². The molecule has 0 spiro atoms. The highest BCUT2D eigenvalue weighted by Gasteiger charge is 2.36. The maximum atomic E-state index is 11.8. The van der Waals surface area contributed by atoms with Gasteiger partial charge >= 0.3 is 5.97 Å². The summed E-state index contributed by atoms with van der Waals surface area (Å²) in [4.78, 5) is 23.3. The number of alkyl halides is 3. The van der Waals surface area contributed by atoms with Crippen LogP contribution in [0.2, 0.25) is 0 Å². The summed E-state index contributed by atoms with van der Waals surface area (Å²) in [7, 11) is 1.27. The molecule has 0 aliphatic heterocycles. The topological polar surface area (TPSA) is 64.6 Å². The SMILES string of the molecule is COC(=O)c1cccc(O[C@H](NC(=O)C(C)C)C(Cl)(Cl)Cl)c1. The molecule has 22 heavy (non-hydrogen) atoms. The van der Waals surface area contributed by atoms with Crippen molar-refractivity contribution in [1.29, 1.82) is 0 Å². The first kappa shape index (κ1) is 18.9. The van der Waals surface area contributed by atoms with E-state index in [0.29, 0.717) is 0 Å². The van der Waals surface area contributed by atoms with Crippen LogP contribution in [0.1, 0.15) is 24.2 Å². The van der Waals surface area contributed by atoms with E-state index >= 15 is 0 Å². The van der Waals surface area contributed by atoms with Crippen molar-refractivity contribution in [3.8, 4) is 5.75 Å². The van der Waals surface area contributed by atoms with E-state index in [-0.39, 0.29) is 23.1 Å². The van der Waals surface area contributed by atoms with Gasteiger partial charge in [-0.3, -0.25) is 4.79 Å². The van der Waals surface area contributed by atoms with Gasteiger partial charge in [-0.1, -0.05) is 54.7 Å². The maximum Gasteiger partial charge on any atom is 0.337 e. The number of hydrogen-bond donors (Lipinski definition) is 1. The zero-order valence-electron chi connectivity index (χ0n) is 12.2. The average molecular weight is 369 g/mol. The fraction of sp³-hybridized carbons (Fsp3) is 0.429. The minimum atomic E-state index is -1.88.